The number of para-hydroxylation sites is 1. The van der Waals surface area contributed by atoms with Crippen molar-refractivity contribution in [2.45, 2.75) is 25.4 Å². The minimum atomic E-state index is 0.681. The molecule has 1 aromatic carbocycles. The standard InChI is InChI=1S/C15H21N3/c1-18(11-13-5-4-8-16-13)10-12-9-17-15-7-3-2-6-14(12)15/h2-3,6-7,9,13,16-17H,4-5,8,10-11H2,1H3. The average Bonchev–Trinajstić information content (AvgIpc) is 3.00. The number of benzene rings is 1. The summed E-state index contributed by atoms with van der Waals surface area (Å²) in [7, 11) is 2.21. The fourth-order valence-electron chi connectivity index (χ4n) is 2.91. The summed E-state index contributed by atoms with van der Waals surface area (Å²) in [5.74, 6) is 0. The molecule has 18 heavy (non-hydrogen) atoms. The highest BCUT2D eigenvalue weighted by Crippen LogP contribution is 2.19. The molecule has 1 unspecified atom stereocenters. The minimum Gasteiger partial charge on any atom is -0.361 e. The van der Waals surface area contributed by atoms with Gasteiger partial charge >= 0.3 is 0 Å². The Labute approximate surface area is 108 Å². The van der Waals surface area contributed by atoms with E-state index in [0.717, 1.165) is 13.1 Å². The van der Waals surface area contributed by atoms with Gasteiger partial charge in [-0.1, -0.05) is 18.2 Å². The number of aromatic amines is 1. The third-order valence-corrected chi connectivity index (χ3v) is 3.81. The van der Waals surface area contributed by atoms with Crippen LogP contribution in [0.5, 0.6) is 0 Å². The monoisotopic (exact) mass is 243 g/mol. The summed E-state index contributed by atoms with van der Waals surface area (Å²) in [5, 5.41) is 4.91. The summed E-state index contributed by atoms with van der Waals surface area (Å²) < 4.78 is 0. The van der Waals surface area contributed by atoms with Crippen molar-refractivity contribution in [3.63, 3.8) is 0 Å². The van der Waals surface area contributed by atoms with Gasteiger partial charge in [0.15, 0.2) is 0 Å². The molecule has 1 atom stereocenters. The van der Waals surface area contributed by atoms with Crippen LogP contribution < -0.4 is 5.32 Å². The third-order valence-electron chi connectivity index (χ3n) is 3.81. The van der Waals surface area contributed by atoms with Crippen molar-refractivity contribution in [1.82, 2.24) is 15.2 Å². The lowest BCUT2D eigenvalue weighted by molar-refractivity contribution is 0.294. The van der Waals surface area contributed by atoms with Gasteiger partial charge in [0.1, 0.15) is 0 Å². The molecular weight excluding hydrogens is 222 g/mol. The van der Waals surface area contributed by atoms with Crippen LogP contribution in [0.3, 0.4) is 0 Å². The first-order chi connectivity index (χ1) is 8.83. The number of aromatic nitrogens is 1. The van der Waals surface area contributed by atoms with Gasteiger partial charge in [0.05, 0.1) is 0 Å². The van der Waals surface area contributed by atoms with Crippen molar-refractivity contribution in [2.75, 3.05) is 20.1 Å². The van der Waals surface area contributed by atoms with Crippen molar-refractivity contribution in [3.8, 4) is 0 Å². The number of hydrogen-bond donors (Lipinski definition) is 2. The number of likely N-dealkylation sites (N-methyl/N-ethyl adjacent to an activating group) is 1. The second kappa shape index (κ2) is 5.12. The van der Waals surface area contributed by atoms with Gasteiger partial charge in [0, 0.05) is 36.2 Å². The first-order valence-corrected chi connectivity index (χ1v) is 6.80. The van der Waals surface area contributed by atoms with Crippen molar-refractivity contribution in [3.05, 3.63) is 36.0 Å². The van der Waals surface area contributed by atoms with E-state index >= 15 is 0 Å². The predicted octanol–water partition coefficient (Wildman–Crippen LogP) is 2.35. The summed E-state index contributed by atoms with van der Waals surface area (Å²) in [6.07, 6.45) is 4.78. The molecule has 3 nitrogen and oxygen atoms in total. The maximum Gasteiger partial charge on any atom is 0.0457 e. The lowest BCUT2D eigenvalue weighted by atomic mass is 10.1. The number of rotatable bonds is 4. The van der Waals surface area contributed by atoms with Gasteiger partial charge in [-0.2, -0.15) is 0 Å². The Morgan fingerprint density at radius 1 is 1.33 bits per heavy atom. The molecule has 1 saturated heterocycles. The van der Waals surface area contributed by atoms with Gasteiger partial charge in [0.2, 0.25) is 0 Å². The zero-order valence-electron chi connectivity index (χ0n) is 10.9. The molecule has 0 saturated carbocycles. The lowest BCUT2D eigenvalue weighted by Gasteiger charge is -2.20. The van der Waals surface area contributed by atoms with E-state index in [-0.39, 0.29) is 0 Å². The van der Waals surface area contributed by atoms with Crippen LogP contribution in [0.25, 0.3) is 10.9 Å². The third kappa shape index (κ3) is 2.42. The minimum absolute atomic E-state index is 0.681. The SMILES string of the molecule is CN(Cc1c[nH]c2ccccc12)CC1CCCN1. The fraction of sp³-hybridized carbons (Fsp3) is 0.467. The van der Waals surface area contributed by atoms with Gasteiger partial charge < -0.3 is 15.2 Å². The van der Waals surface area contributed by atoms with E-state index in [1.54, 1.807) is 0 Å². The molecule has 0 spiro atoms. The molecule has 0 amide bonds. The van der Waals surface area contributed by atoms with Gasteiger partial charge in [-0.3, -0.25) is 0 Å². The molecule has 2 N–H and O–H groups in total. The van der Waals surface area contributed by atoms with Gasteiger partial charge in [0.25, 0.3) is 0 Å². The molecule has 3 rings (SSSR count). The van der Waals surface area contributed by atoms with Crippen LogP contribution in [0.15, 0.2) is 30.5 Å². The van der Waals surface area contributed by atoms with Crippen molar-refractivity contribution in [1.29, 1.82) is 0 Å². The molecule has 1 aromatic heterocycles. The molecule has 0 radical (unpaired) electrons. The zero-order valence-corrected chi connectivity index (χ0v) is 10.9. The normalized spacial score (nSPS) is 20.0. The number of H-pyrrole nitrogens is 1. The molecule has 2 heterocycles. The van der Waals surface area contributed by atoms with Gasteiger partial charge in [-0.25, -0.2) is 0 Å². The summed E-state index contributed by atoms with van der Waals surface area (Å²) in [6.45, 7) is 3.34. The fourth-order valence-corrected chi connectivity index (χ4v) is 2.91. The second-order valence-electron chi connectivity index (χ2n) is 5.35. The quantitative estimate of drug-likeness (QED) is 0.863. The smallest absolute Gasteiger partial charge is 0.0457 e. The second-order valence-corrected chi connectivity index (χ2v) is 5.35. The molecule has 1 fully saturated rings. The Bertz CT molecular complexity index is 511. The van der Waals surface area contributed by atoms with E-state index in [1.165, 1.54) is 35.9 Å². The highest BCUT2D eigenvalue weighted by molar-refractivity contribution is 5.82. The molecule has 3 heteroatoms. The Kier molecular flexibility index (Phi) is 3.35. The Balaban J connectivity index is 1.67. The van der Waals surface area contributed by atoms with Crippen LogP contribution in [0.2, 0.25) is 0 Å². The Hall–Kier alpha value is -1.32. The molecular formula is C15H21N3. The Morgan fingerprint density at radius 3 is 3.06 bits per heavy atom. The van der Waals surface area contributed by atoms with Crippen LogP contribution in [-0.2, 0) is 6.54 Å². The van der Waals surface area contributed by atoms with Crippen LogP contribution in [0, 0.1) is 0 Å². The number of hydrogen-bond acceptors (Lipinski definition) is 2. The topological polar surface area (TPSA) is 31.1 Å². The maximum absolute atomic E-state index is 3.55. The van der Waals surface area contributed by atoms with Crippen LogP contribution in [-0.4, -0.2) is 36.1 Å². The first-order valence-electron chi connectivity index (χ1n) is 6.80. The lowest BCUT2D eigenvalue weighted by Crippen LogP contribution is -2.34. The number of nitrogens with zero attached hydrogens (tertiary/aromatic N) is 1. The number of fused-ring (bicyclic) bond motifs is 1. The van der Waals surface area contributed by atoms with Crippen LogP contribution in [0.4, 0.5) is 0 Å². The highest BCUT2D eigenvalue weighted by atomic mass is 15.1. The van der Waals surface area contributed by atoms with E-state index < -0.39 is 0 Å². The largest absolute Gasteiger partial charge is 0.361 e. The van der Waals surface area contributed by atoms with Crippen molar-refractivity contribution >= 4 is 10.9 Å². The first kappa shape index (κ1) is 11.8. The summed E-state index contributed by atoms with van der Waals surface area (Å²) in [5.41, 5.74) is 2.63. The van der Waals surface area contributed by atoms with E-state index in [2.05, 4.69) is 52.7 Å². The highest BCUT2D eigenvalue weighted by Gasteiger charge is 2.16. The van der Waals surface area contributed by atoms with E-state index in [0.29, 0.717) is 6.04 Å². The average molecular weight is 243 g/mol. The van der Waals surface area contributed by atoms with Crippen LogP contribution >= 0.6 is 0 Å². The number of nitrogens with one attached hydrogen (secondary N) is 2. The van der Waals surface area contributed by atoms with Gasteiger partial charge in [-0.05, 0) is 38.1 Å². The van der Waals surface area contributed by atoms with Crippen molar-refractivity contribution < 1.29 is 0 Å². The van der Waals surface area contributed by atoms with E-state index in [1.807, 2.05) is 0 Å². The molecule has 1 aliphatic heterocycles. The zero-order chi connectivity index (χ0) is 12.4. The maximum atomic E-state index is 3.55. The molecule has 1 aliphatic rings. The Morgan fingerprint density at radius 2 is 2.22 bits per heavy atom. The van der Waals surface area contributed by atoms with Crippen molar-refractivity contribution in [2.24, 2.45) is 0 Å². The molecule has 2 aromatic rings. The van der Waals surface area contributed by atoms with Crippen LogP contribution in [0.1, 0.15) is 18.4 Å². The summed E-state index contributed by atoms with van der Waals surface area (Å²) in [4.78, 5) is 5.76. The van der Waals surface area contributed by atoms with E-state index in [4.69, 9.17) is 0 Å². The van der Waals surface area contributed by atoms with Gasteiger partial charge in [-0.15, -0.1) is 0 Å². The predicted molar refractivity (Wildman–Crippen MR) is 75.7 cm³/mol. The van der Waals surface area contributed by atoms with E-state index in [9.17, 15) is 0 Å². The summed E-state index contributed by atoms with van der Waals surface area (Å²) >= 11 is 0. The molecule has 0 aliphatic carbocycles. The molecule has 96 valence electrons. The molecule has 0 bridgehead atoms. The summed E-state index contributed by atoms with van der Waals surface area (Å²) in [6, 6.07) is 9.20.